The van der Waals surface area contributed by atoms with Crippen molar-refractivity contribution in [2.24, 2.45) is 0 Å². The van der Waals surface area contributed by atoms with Crippen LogP contribution in [0.4, 0.5) is 5.88 Å². The van der Waals surface area contributed by atoms with E-state index in [2.05, 4.69) is 12.6 Å². The van der Waals surface area contributed by atoms with Crippen LogP contribution in [0.15, 0.2) is 16.5 Å². The number of anilines is 1. The summed E-state index contributed by atoms with van der Waals surface area (Å²) >= 11 is 4.13. The molecule has 0 aliphatic carbocycles. The predicted octanol–water partition coefficient (Wildman–Crippen LogP) is 1.95. The Bertz CT molecular complexity index is 222. The zero-order valence-corrected chi connectivity index (χ0v) is 7.77. The zero-order valence-electron chi connectivity index (χ0n) is 6.87. The lowest BCUT2D eigenvalue weighted by Crippen LogP contribution is -2.18. The summed E-state index contributed by atoms with van der Waals surface area (Å²) in [6.07, 6.45) is 0. The molecule has 11 heavy (non-hydrogen) atoms. The maximum atomic E-state index is 5.39. The molecule has 1 rings (SSSR count). The number of hydrogen-bond donors (Lipinski definition) is 1. The van der Waals surface area contributed by atoms with Crippen LogP contribution in [0.3, 0.4) is 0 Å². The van der Waals surface area contributed by atoms with Gasteiger partial charge >= 0.3 is 0 Å². The number of furan rings is 1. The van der Waals surface area contributed by atoms with Crippen molar-refractivity contribution in [2.45, 2.75) is 6.92 Å². The minimum absolute atomic E-state index is 0.843. The van der Waals surface area contributed by atoms with Crippen LogP contribution in [-0.2, 0) is 0 Å². The molecule has 3 heteroatoms. The first-order valence-electron chi connectivity index (χ1n) is 3.62. The summed E-state index contributed by atoms with van der Waals surface area (Å²) < 4.78 is 5.39. The molecule has 0 aliphatic rings. The predicted molar refractivity (Wildman–Crippen MR) is 50.6 cm³/mol. The van der Waals surface area contributed by atoms with Gasteiger partial charge in [-0.05, 0) is 13.0 Å². The Labute approximate surface area is 72.6 Å². The van der Waals surface area contributed by atoms with Gasteiger partial charge in [0.05, 0.1) is 0 Å². The molecule has 0 bridgehead atoms. The summed E-state index contributed by atoms with van der Waals surface area (Å²) in [5.41, 5.74) is 0. The van der Waals surface area contributed by atoms with Crippen LogP contribution in [0.2, 0.25) is 0 Å². The average molecular weight is 171 g/mol. The first-order valence-corrected chi connectivity index (χ1v) is 4.25. The van der Waals surface area contributed by atoms with Crippen molar-refractivity contribution >= 4 is 18.5 Å². The quantitative estimate of drug-likeness (QED) is 0.700. The molecule has 0 aliphatic heterocycles. The minimum atomic E-state index is 0.843. The van der Waals surface area contributed by atoms with Gasteiger partial charge in [-0.2, -0.15) is 12.6 Å². The topological polar surface area (TPSA) is 16.4 Å². The highest BCUT2D eigenvalue weighted by molar-refractivity contribution is 7.80. The molecular weight excluding hydrogens is 158 g/mol. The molecule has 62 valence electrons. The van der Waals surface area contributed by atoms with E-state index in [1.165, 1.54) is 0 Å². The van der Waals surface area contributed by atoms with Gasteiger partial charge in [0.25, 0.3) is 0 Å². The number of thiol groups is 1. The Kier molecular flexibility index (Phi) is 2.88. The summed E-state index contributed by atoms with van der Waals surface area (Å²) in [5.74, 6) is 2.71. The van der Waals surface area contributed by atoms with E-state index in [0.29, 0.717) is 0 Å². The lowest BCUT2D eigenvalue weighted by atomic mass is 10.5. The van der Waals surface area contributed by atoms with Gasteiger partial charge in [-0.25, -0.2) is 0 Å². The largest absolute Gasteiger partial charge is 0.446 e. The fourth-order valence-electron chi connectivity index (χ4n) is 0.887. The molecule has 2 nitrogen and oxygen atoms in total. The Balaban J connectivity index is 2.60. The third-order valence-electron chi connectivity index (χ3n) is 1.54. The Morgan fingerprint density at radius 3 is 2.73 bits per heavy atom. The first-order chi connectivity index (χ1) is 5.24. The van der Waals surface area contributed by atoms with E-state index >= 15 is 0 Å². The molecule has 0 N–H and O–H groups in total. The van der Waals surface area contributed by atoms with E-state index in [4.69, 9.17) is 4.42 Å². The van der Waals surface area contributed by atoms with E-state index in [1.54, 1.807) is 0 Å². The van der Waals surface area contributed by atoms with Crippen LogP contribution in [0.5, 0.6) is 0 Å². The molecular formula is C8H13NOS. The number of aryl methyl sites for hydroxylation is 1. The third-order valence-corrected chi connectivity index (χ3v) is 1.74. The SMILES string of the molecule is Cc1ccc(N(C)CCS)o1. The Morgan fingerprint density at radius 1 is 1.55 bits per heavy atom. The third kappa shape index (κ3) is 2.19. The summed E-state index contributed by atoms with van der Waals surface area (Å²) in [7, 11) is 1.99. The average Bonchev–Trinajstić information content (AvgIpc) is 2.36. The van der Waals surface area contributed by atoms with Crippen molar-refractivity contribution in [3.63, 3.8) is 0 Å². The minimum Gasteiger partial charge on any atom is -0.446 e. The van der Waals surface area contributed by atoms with Crippen LogP contribution < -0.4 is 4.90 Å². The van der Waals surface area contributed by atoms with E-state index in [0.717, 1.165) is 23.9 Å². The molecule has 0 radical (unpaired) electrons. The first kappa shape index (κ1) is 8.53. The van der Waals surface area contributed by atoms with Crippen LogP contribution in [-0.4, -0.2) is 19.3 Å². The van der Waals surface area contributed by atoms with Crippen molar-refractivity contribution in [3.8, 4) is 0 Å². The second-order valence-corrected chi connectivity index (χ2v) is 2.98. The molecule has 0 amide bonds. The summed E-state index contributed by atoms with van der Waals surface area (Å²) in [6.45, 7) is 2.86. The van der Waals surface area contributed by atoms with Crippen LogP contribution >= 0.6 is 12.6 Å². The van der Waals surface area contributed by atoms with Gasteiger partial charge in [0.1, 0.15) is 5.76 Å². The van der Waals surface area contributed by atoms with E-state index in [-0.39, 0.29) is 0 Å². The van der Waals surface area contributed by atoms with Crippen molar-refractivity contribution in [1.29, 1.82) is 0 Å². The van der Waals surface area contributed by atoms with Crippen molar-refractivity contribution < 1.29 is 4.42 Å². The van der Waals surface area contributed by atoms with Gasteiger partial charge in [-0.3, -0.25) is 0 Å². The molecule has 1 heterocycles. The smallest absolute Gasteiger partial charge is 0.195 e. The highest BCUT2D eigenvalue weighted by Crippen LogP contribution is 2.15. The highest BCUT2D eigenvalue weighted by atomic mass is 32.1. The van der Waals surface area contributed by atoms with Gasteiger partial charge in [0, 0.05) is 25.4 Å². The molecule has 0 saturated carbocycles. The van der Waals surface area contributed by atoms with E-state index in [1.807, 2.05) is 31.0 Å². The Morgan fingerprint density at radius 2 is 2.27 bits per heavy atom. The fourth-order valence-corrected chi connectivity index (χ4v) is 1.19. The van der Waals surface area contributed by atoms with Gasteiger partial charge in [-0.1, -0.05) is 0 Å². The molecule has 0 fully saturated rings. The zero-order chi connectivity index (χ0) is 8.27. The second-order valence-electron chi connectivity index (χ2n) is 2.53. The van der Waals surface area contributed by atoms with Crippen molar-refractivity contribution in [1.82, 2.24) is 0 Å². The van der Waals surface area contributed by atoms with Crippen LogP contribution in [0, 0.1) is 6.92 Å². The van der Waals surface area contributed by atoms with Crippen molar-refractivity contribution in [2.75, 3.05) is 24.2 Å². The lowest BCUT2D eigenvalue weighted by molar-refractivity contribution is 0.529. The molecule has 0 aromatic carbocycles. The molecule has 1 aromatic rings. The summed E-state index contributed by atoms with van der Waals surface area (Å²) in [5, 5.41) is 0. The maximum Gasteiger partial charge on any atom is 0.195 e. The second kappa shape index (κ2) is 3.72. The molecule has 0 saturated heterocycles. The monoisotopic (exact) mass is 171 g/mol. The van der Waals surface area contributed by atoms with Gasteiger partial charge in [0.15, 0.2) is 5.88 Å². The number of hydrogen-bond acceptors (Lipinski definition) is 3. The standard InChI is InChI=1S/C8H13NOS/c1-7-3-4-8(10-7)9(2)5-6-11/h3-4,11H,5-6H2,1-2H3. The lowest BCUT2D eigenvalue weighted by Gasteiger charge is -2.13. The van der Waals surface area contributed by atoms with Gasteiger partial charge < -0.3 is 9.32 Å². The van der Waals surface area contributed by atoms with Crippen molar-refractivity contribution in [3.05, 3.63) is 17.9 Å². The summed E-state index contributed by atoms with van der Waals surface area (Å²) in [6, 6.07) is 3.93. The van der Waals surface area contributed by atoms with Gasteiger partial charge in [-0.15, -0.1) is 0 Å². The number of nitrogens with zero attached hydrogens (tertiary/aromatic N) is 1. The normalized spacial score (nSPS) is 10.1. The van der Waals surface area contributed by atoms with Crippen LogP contribution in [0.25, 0.3) is 0 Å². The fraction of sp³-hybridized carbons (Fsp3) is 0.500. The van der Waals surface area contributed by atoms with Gasteiger partial charge in [0.2, 0.25) is 0 Å². The molecule has 0 spiro atoms. The van der Waals surface area contributed by atoms with E-state index < -0.39 is 0 Å². The Hall–Kier alpha value is -0.570. The van der Waals surface area contributed by atoms with Crippen LogP contribution in [0.1, 0.15) is 5.76 Å². The maximum absolute atomic E-state index is 5.39. The summed E-state index contributed by atoms with van der Waals surface area (Å²) in [4.78, 5) is 2.04. The molecule has 1 aromatic heterocycles. The molecule has 0 atom stereocenters. The highest BCUT2D eigenvalue weighted by Gasteiger charge is 2.02. The number of rotatable bonds is 3. The molecule has 0 unspecified atom stereocenters. The van der Waals surface area contributed by atoms with E-state index in [9.17, 15) is 0 Å².